The molecule has 0 aliphatic heterocycles. The molecule has 14 heavy (non-hydrogen) atoms. The number of rotatable bonds is 3. The number of carbonyl (C=O) groups excluding carboxylic acids is 2. The molecule has 0 aliphatic rings. The number of hydrogen-bond donors (Lipinski definition) is 0. The predicted molar refractivity (Wildman–Crippen MR) is 49.7 cm³/mol. The lowest BCUT2D eigenvalue weighted by molar-refractivity contribution is -0.143. The molecule has 0 saturated heterocycles. The Morgan fingerprint density at radius 2 is 1.86 bits per heavy atom. The number of ether oxygens (including phenoxy) is 1. The van der Waals surface area contributed by atoms with Crippen LogP contribution in [0, 0.1) is 5.41 Å². The molecule has 0 bridgehead atoms. The van der Waals surface area contributed by atoms with Crippen LogP contribution in [0.1, 0.15) is 27.7 Å². The lowest BCUT2D eigenvalue weighted by atomic mass is 9.88. The third-order valence-corrected chi connectivity index (χ3v) is 1.47. The molecule has 0 atom stereocenters. The minimum atomic E-state index is -0.894. The maximum atomic E-state index is 11.5. The van der Waals surface area contributed by atoms with E-state index in [2.05, 4.69) is 9.53 Å². The van der Waals surface area contributed by atoms with Gasteiger partial charge in [-0.25, -0.2) is 4.79 Å². The molecule has 0 aromatic heterocycles. The summed E-state index contributed by atoms with van der Waals surface area (Å²) < 4.78 is 4.56. The van der Waals surface area contributed by atoms with Gasteiger partial charge in [-0.3, -0.25) is 4.79 Å². The molecule has 78 valence electrons. The van der Waals surface area contributed by atoms with E-state index in [0.29, 0.717) is 0 Å². The van der Waals surface area contributed by atoms with Gasteiger partial charge < -0.3 is 10.3 Å². The van der Waals surface area contributed by atoms with E-state index in [1.54, 1.807) is 27.7 Å². The molecule has 0 heterocycles. The fraction of sp³-hybridized carbons (Fsp3) is 0.667. The molecule has 5 nitrogen and oxygen atoms in total. The van der Waals surface area contributed by atoms with Gasteiger partial charge in [0, 0.05) is 5.41 Å². The number of hydrogen-bond acceptors (Lipinski definition) is 3. The monoisotopic (exact) mass is 198 g/mol. The van der Waals surface area contributed by atoms with Crippen molar-refractivity contribution >= 4 is 17.5 Å². The zero-order valence-corrected chi connectivity index (χ0v) is 8.83. The highest BCUT2D eigenvalue weighted by molar-refractivity contribution is 6.63. The number of Topliss-reactive ketones (excluding diaryl/α,β-unsaturated/α-hetero) is 1. The van der Waals surface area contributed by atoms with E-state index in [-0.39, 0.29) is 6.61 Å². The van der Waals surface area contributed by atoms with Gasteiger partial charge >= 0.3 is 11.7 Å². The van der Waals surface area contributed by atoms with Crippen LogP contribution >= 0.6 is 0 Å². The van der Waals surface area contributed by atoms with Crippen molar-refractivity contribution in [3.63, 3.8) is 0 Å². The van der Waals surface area contributed by atoms with Crippen LogP contribution in [0.25, 0.3) is 5.53 Å². The van der Waals surface area contributed by atoms with Gasteiger partial charge in [0.2, 0.25) is 0 Å². The number of ketones is 1. The maximum Gasteiger partial charge on any atom is 0.442 e. The van der Waals surface area contributed by atoms with Gasteiger partial charge in [-0.15, -0.1) is 0 Å². The largest absolute Gasteiger partial charge is 0.457 e. The lowest BCUT2D eigenvalue weighted by Crippen LogP contribution is -2.35. The van der Waals surface area contributed by atoms with E-state index in [1.807, 2.05) is 0 Å². The topological polar surface area (TPSA) is 79.8 Å². The van der Waals surface area contributed by atoms with Gasteiger partial charge in [0.15, 0.2) is 0 Å². The first kappa shape index (κ1) is 12.5. The van der Waals surface area contributed by atoms with E-state index >= 15 is 0 Å². The molecule has 0 rings (SSSR count). The number of nitrogens with zero attached hydrogens (tertiary/aromatic N) is 2. The van der Waals surface area contributed by atoms with Crippen molar-refractivity contribution in [2.75, 3.05) is 6.61 Å². The maximum absolute atomic E-state index is 11.5. The minimum absolute atomic E-state index is 0.134. The third kappa shape index (κ3) is 3.11. The molecular weight excluding hydrogens is 184 g/mol. The molecule has 0 spiro atoms. The van der Waals surface area contributed by atoms with Gasteiger partial charge in [-0.05, 0) is 6.92 Å². The smallest absolute Gasteiger partial charge is 0.442 e. The first-order valence-electron chi connectivity index (χ1n) is 4.28. The van der Waals surface area contributed by atoms with Crippen molar-refractivity contribution in [1.29, 1.82) is 0 Å². The summed E-state index contributed by atoms with van der Waals surface area (Å²) in [6.45, 7) is 6.61. The van der Waals surface area contributed by atoms with Crippen LogP contribution in [-0.2, 0) is 14.3 Å². The zero-order valence-electron chi connectivity index (χ0n) is 8.83. The van der Waals surface area contributed by atoms with Gasteiger partial charge in [0.25, 0.3) is 5.78 Å². The Balaban J connectivity index is 4.87. The summed E-state index contributed by atoms with van der Waals surface area (Å²) in [6, 6.07) is 0. The Kier molecular flexibility index (Phi) is 4.18. The summed E-state index contributed by atoms with van der Waals surface area (Å²) in [6.07, 6.45) is 0. The summed E-state index contributed by atoms with van der Waals surface area (Å²) >= 11 is 0. The minimum Gasteiger partial charge on any atom is -0.457 e. The normalized spacial score (nSPS) is 10.3. The average molecular weight is 198 g/mol. The van der Waals surface area contributed by atoms with Crippen molar-refractivity contribution in [2.24, 2.45) is 5.41 Å². The first-order valence-corrected chi connectivity index (χ1v) is 4.28. The van der Waals surface area contributed by atoms with Crippen molar-refractivity contribution < 1.29 is 19.1 Å². The van der Waals surface area contributed by atoms with Gasteiger partial charge in [-0.2, -0.15) is 4.79 Å². The highest BCUT2D eigenvalue weighted by Crippen LogP contribution is 2.15. The molecule has 0 radical (unpaired) electrons. The molecular formula is C9H14N2O3. The molecule has 0 unspecified atom stereocenters. The molecule has 5 heteroatoms. The van der Waals surface area contributed by atoms with Gasteiger partial charge in [0.1, 0.15) is 0 Å². The summed E-state index contributed by atoms with van der Waals surface area (Å²) in [7, 11) is 0. The Morgan fingerprint density at radius 3 is 2.14 bits per heavy atom. The molecule has 0 N–H and O–H groups in total. The van der Waals surface area contributed by atoms with E-state index < -0.39 is 22.9 Å². The summed E-state index contributed by atoms with van der Waals surface area (Å²) in [4.78, 5) is 25.3. The summed E-state index contributed by atoms with van der Waals surface area (Å²) in [5.74, 6) is -1.44. The number of esters is 1. The van der Waals surface area contributed by atoms with Crippen molar-refractivity contribution in [1.82, 2.24) is 0 Å². The molecule has 0 aliphatic carbocycles. The quantitative estimate of drug-likeness (QED) is 0.221. The van der Waals surface area contributed by atoms with Crippen LogP contribution < -0.4 is 0 Å². The first-order chi connectivity index (χ1) is 6.34. The van der Waals surface area contributed by atoms with Gasteiger partial charge in [-0.1, -0.05) is 20.8 Å². The standard InChI is InChI=1S/C9H14N2O3/c1-5-14-8(13)6(11-10)7(12)9(2,3)4/h5H2,1-4H3. The molecule has 0 aromatic rings. The fourth-order valence-electron chi connectivity index (χ4n) is 0.734. The molecule has 0 amide bonds. The highest BCUT2D eigenvalue weighted by atomic mass is 16.5. The van der Waals surface area contributed by atoms with E-state index in [1.165, 1.54) is 0 Å². The average Bonchev–Trinajstić information content (AvgIpc) is 2.04. The summed E-state index contributed by atoms with van der Waals surface area (Å²) in [5.41, 5.74) is 7.20. The van der Waals surface area contributed by atoms with Crippen LogP contribution in [0.4, 0.5) is 0 Å². The Labute approximate surface area is 82.7 Å². The lowest BCUT2D eigenvalue weighted by Gasteiger charge is -2.11. The Bertz CT molecular complexity index is 296. The zero-order chi connectivity index (χ0) is 11.4. The SMILES string of the molecule is CCOC(=O)C(=[N+]=[N-])C(=O)C(C)(C)C. The van der Waals surface area contributed by atoms with E-state index in [4.69, 9.17) is 5.53 Å². The van der Waals surface area contributed by atoms with Crippen molar-refractivity contribution in [2.45, 2.75) is 27.7 Å². The molecule has 0 fully saturated rings. The fourth-order valence-corrected chi connectivity index (χ4v) is 0.734. The second-order valence-corrected chi connectivity index (χ2v) is 3.75. The molecule has 0 saturated carbocycles. The van der Waals surface area contributed by atoms with E-state index in [9.17, 15) is 9.59 Å². The second kappa shape index (κ2) is 4.67. The number of carbonyl (C=O) groups is 2. The Hall–Kier alpha value is -1.48. The van der Waals surface area contributed by atoms with E-state index in [0.717, 1.165) is 0 Å². The van der Waals surface area contributed by atoms with Crippen LogP contribution in [-0.4, -0.2) is 28.9 Å². The third-order valence-electron chi connectivity index (χ3n) is 1.47. The van der Waals surface area contributed by atoms with Crippen LogP contribution in [0.2, 0.25) is 0 Å². The second-order valence-electron chi connectivity index (χ2n) is 3.75. The van der Waals surface area contributed by atoms with Crippen LogP contribution in [0.5, 0.6) is 0 Å². The van der Waals surface area contributed by atoms with Crippen molar-refractivity contribution in [3.8, 4) is 0 Å². The van der Waals surface area contributed by atoms with Crippen LogP contribution in [0.3, 0.4) is 0 Å². The molecule has 0 aromatic carbocycles. The van der Waals surface area contributed by atoms with Crippen molar-refractivity contribution in [3.05, 3.63) is 5.53 Å². The van der Waals surface area contributed by atoms with Gasteiger partial charge in [0.05, 0.1) is 6.61 Å². The van der Waals surface area contributed by atoms with Crippen LogP contribution in [0.15, 0.2) is 0 Å². The Morgan fingerprint density at radius 1 is 1.36 bits per heavy atom. The highest BCUT2D eigenvalue weighted by Gasteiger charge is 2.38. The predicted octanol–water partition coefficient (Wildman–Crippen LogP) is 0.835. The summed E-state index contributed by atoms with van der Waals surface area (Å²) in [5, 5.41) is 0.